The third kappa shape index (κ3) is 7.93. The lowest BCUT2D eigenvalue weighted by Crippen LogP contribution is -2.54. The first kappa shape index (κ1) is 22.1. The highest BCUT2D eigenvalue weighted by Gasteiger charge is 2.23. The van der Waals surface area contributed by atoms with Gasteiger partial charge in [0.25, 0.3) is 5.91 Å². The second-order valence-electron chi connectivity index (χ2n) is 5.99. The van der Waals surface area contributed by atoms with Gasteiger partial charge in [0.2, 0.25) is 11.8 Å². The van der Waals surface area contributed by atoms with Crippen LogP contribution in [0.2, 0.25) is 10.0 Å². The molecule has 144 valence electrons. The van der Waals surface area contributed by atoms with Gasteiger partial charge in [-0.15, -0.1) is 0 Å². The summed E-state index contributed by atoms with van der Waals surface area (Å²) in [6.07, 6.45) is 0.581. The van der Waals surface area contributed by atoms with Crippen molar-refractivity contribution in [3.05, 3.63) is 28.2 Å². The highest BCUT2D eigenvalue weighted by molar-refractivity contribution is 6.35. The van der Waals surface area contributed by atoms with Gasteiger partial charge in [0.15, 0.2) is 0 Å². The van der Waals surface area contributed by atoms with Crippen LogP contribution in [-0.2, 0) is 14.4 Å². The van der Waals surface area contributed by atoms with E-state index in [0.717, 1.165) is 0 Å². The van der Waals surface area contributed by atoms with Gasteiger partial charge in [-0.2, -0.15) is 0 Å². The number of hydrazine groups is 1. The number of amides is 3. The number of carbonyl (C=O) groups excluding carboxylic acids is 3. The highest BCUT2D eigenvalue weighted by atomic mass is 35.5. The van der Waals surface area contributed by atoms with Crippen molar-refractivity contribution in [2.75, 3.05) is 6.61 Å². The van der Waals surface area contributed by atoms with Crippen LogP contribution in [-0.4, -0.2) is 30.4 Å². The SMILES string of the molecule is CC(=O)N[C@@H](C(=O)NNC(=O)CCCOc1ccc(Cl)cc1Cl)C(C)C. The largest absolute Gasteiger partial charge is 0.492 e. The summed E-state index contributed by atoms with van der Waals surface area (Å²) in [4.78, 5) is 34.9. The molecule has 0 aliphatic heterocycles. The van der Waals surface area contributed by atoms with Gasteiger partial charge in [-0.05, 0) is 30.5 Å². The molecule has 0 saturated carbocycles. The second kappa shape index (κ2) is 10.9. The van der Waals surface area contributed by atoms with Gasteiger partial charge in [0.1, 0.15) is 11.8 Å². The van der Waals surface area contributed by atoms with Crippen molar-refractivity contribution in [3.63, 3.8) is 0 Å². The predicted octanol–water partition coefficient (Wildman–Crippen LogP) is 2.46. The average molecular weight is 404 g/mol. The molecule has 0 radical (unpaired) electrons. The maximum Gasteiger partial charge on any atom is 0.261 e. The summed E-state index contributed by atoms with van der Waals surface area (Å²) in [6, 6.07) is 4.16. The van der Waals surface area contributed by atoms with E-state index in [0.29, 0.717) is 22.2 Å². The summed E-state index contributed by atoms with van der Waals surface area (Å²) >= 11 is 11.8. The van der Waals surface area contributed by atoms with Gasteiger partial charge >= 0.3 is 0 Å². The zero-order valence-corrected chi connectivity index (χ0v) is 16.4. The smallest absolute Gasteiger partial charge is 0.261 e. The number of carbonyl (C=O) groups is 3. The van der Waals surface area contributed by atoms with Crippen molar-refractivity contribution >= 4 is 40.9 Å². The van der Waals surface area contributed by atoms with Gasteiger partial charge in [0, 0.05) is 18.4 Å². The Morgan fingerprint density at radius 1 is 1.15 bits per heavy atom. The maximum absolute atomic E-state index is 12.0. The van der Waals surface area contributed by atoms with Crippen LogP contribution < -0.4 is 20.9 Å². The van der Waals surface area contributed by atoms with Gasteiger partial charge in [0.05, 0.1) is 11.6 Å². The third-order valence-electron chi connectivity index (χ3n) is 3.33. The first-order valence-corrected chi connectivity index (χ1v) is 8.90. The molecule has 3 N–H and O–H groups in total. The average Bonchev–Trinajstić information content (AvgIpc) is 2.55. The Balaban J connectivity index is 2.31. The van der Waals surface area contributed by atoms with Crippen LogP contribution in [0.25, 0.3) is 0 Å². The van der Waals surface area contributed by atoms with E-state index in [1.807, 2.05) is 0 Å². The zero-order valence-electron chi connectivity index (χ0n) is 14.9. The normalized spacial score (nSPS) is 11.6. The summed E-state index contributed by atoms with van der Waals surface area (Å²) in [5.74, 6) is -0.793. The topological polar surface area (TPSA) is 96.5 Å². The van der Waals surface area contributed by atoms with E-state index in [2.05, 4.69) is 16.2 Å². The quantitative estimate of drug-likeness (QED) is 0.458. The van der Waals surface area contributed by atoms with Crippen molar-refractivity contribution in [1.82, 2.24) is 16.2 Å². The Morgan fingerprint density at radius 3 is 2.42 bits per heavy atom. The van der Waals surface area contributed by atoms with Crippen molar-refractivity contribution in [3.8, 4) is 5.75 Å². The maximum atomic E-state index is 12.0. The van der Waals surface area contributed by atoms with Crippen LogP contribution >= 0.6 is 23.2 Å². The highest BCUT2D eigenvalue weighted by Crippen LogP contribution is 2.27. The van der Waals surface area contributed by atoms with Gasteiger partial charge in [-0.25, -0.2) is 0 Å². The molecule has 0 heterocycles. The molecule has 0 unspecified atom stereocenters. The lowest BCUT2D eigenvalue weighted by atomic mass is 10.0. The van der Waals surface area contributed by atoms with Crippen molar-refractivity contribution < 1.29 is 19.1 Å². The molecule has 0 aromatic heterocycles. The Kier molecular flexibility index (Phi) is 9.23. The van der Waals surface area contributed by atoms with Crippen LogP contribution in [0.15, 0.2) is 18.2 Å². The number of benzene rings is 1. The Morgan fingerprint density at radius 2 is 1.85 bits per heavy atom. The van der Waals surface area contributed by atoms with Crippen molar-refractivity contribution in [2.45, 2.75) is 39.7 Å². The molecule has 0 aliphatic rings. The van der Waals surface area contributed by atoms with Crippen LogP contribution in [0.5, 0.6) is 5.75 Å². The summed E-state index contributed by atoms with van der Waals surface area (Å²) in [5, 5.41) is 3.44. The second-order valence-corrected chi connectivity index (χ2v) is 6.83. The minimum Gasteiger partial charge on any atom is -0.492 e. The molecule has 1 aromatic rings. The molecule has 26 heavy (non-hydrogen) atoms. The molecule has 9 heteroatoms. The molecule has 1 aromatic carbocycles. The summed E-state index contributed by atoms with van der Waals surface area (Å²) in [7, 11) is 0. The molecule has 0 aliphatic carbocycles. The fraction of sp³-hybridized carbons (Fsp3) is 0.471. The third-order valence-corrected chi connectivity index (χ3v) is 3.86. The van der Waals surface area contributed by atoms with Gasteiger partial charge in [-0.1, -0.05) is 37.0 Å². The minimum atomic E-state index is -0.719. The van der Waals surface area contributed by atoms with Crippen LogP contribution in [0.3, 0.4) is 0 Å². The lowest BCUT2D eigenvalue weighted by molar-refractivity contribution is -0.132. The van der Waals surface area contributed by atoms with E-state index in [4.69, 9.17) is 27.9 Å². The van der Waals surface area contributed by atoms with Crippen LogP contribution in [0.1, 0.15) is 33.6 Å². The Bertz CT molecular complexity index is 653. The first-order chi connectivity index (χ1) is 12.2. The molecule has 0 bridgehead atoms. The van der Waals surface area contributed by atoms with E-state index in [1.54, 1.807) is 32.0 Å². The first-order valence-electron chi connectivity index (χ1n) is 8.14. The van der Waals surface area contributed by atoms with E-state index >= 15 is 0 Å². The molecule has 1 rings (SSSR count). The van der Waals surface area contributed by atoms with E-state index in [1.165, 1.54) is 6.92 Å². The van der Waals surface area contributed by atoms with Crippen molar-refractivity contribution in [1.29, 1.82) is 0 Å². The number of halogens is 2. The Hall–Kier alpha value is -1.99. The van der Waals surface area contributed by atoms with Crippen LogP contribution in [0, 0.1) is 5.92 Å². The molecule has 1 atom stereocenters. The summed E-state index contributed by atoms with van der Waals surface area (Å²) in [6.45, 7) is 5.19. The van der Waals surface area contributed by atoms with Gasteiger partial charge < -0.3 is 10.1 Å². The monoisotopic (exact) mass is 403 g/mol. The molecule has 0 spiro atoms. The van der Waals surface area contributed by atoms with Crippen molar-refractivity contribution in [2.24, 2.45) is 5.92 Å². The fourth-order valence-electron chi connectivity index (χ4n) is 2.03. The number of nitrogens with one attached hydrogen (secondary N) is 3. The zero-order chi connectivity index (χ0) is 19.7. The van der Waals surface area contributed by atoms with E-state index in [9.17, 15) is 14.4 Å². The molecular formula is C17H23Cl2N3O4. The summed E-state index contributed by atoms with van der Waals surface area (Å²) in [5.41, 5.74) is 4.63. The molecule has 3 amide bonds. The van der Waals surface area contributed by atoms with E-state index in [-0.39, 0.29) is 30.8 Å². The Labute approximate surface area is 162 Å². The summed E-state index contributed by atoms with van der Waals surface area (Å²) < 4.78 is 5.48. The predicted molar refractivity (Wildman–Crippen MR) is 99.9 cm³/mol. The molecule has 0 fully saturated rings. The fourth-order valence-corrected chi connectivity index (χ4v) is 2.50. The molecule has 7 nitrogen and oxygen atoms in total. The minimum absolute atomic E-state index is 0.117. The molecule has 0 saturated heterocycles. The number of hydrogen-bond acceptors (Lipinski definition) is 4. The van der Waals surface area contributed by atoms with Crippen LogP contribution in [0.4, 0.5) is 0 Å². The van der Waals surface area contributed by atoms with Gasteiger partial charge in [-0.3, -0.25) is 25.2 Å². The standard InChI is InChI=1S/C17H23Cl2N3O4/c1-10(2)16(20-11(3)23)17(25)22-21-15(24)5-4-8-26-14-7-6-12(18)9-13(14)19/h6-7,9-10,16H,4-5,8H2,1-3H3,(H,20,23)(H,21,24)(H,22,25)/t16-/m1/s1. The number of hydrogen-bond donors (Lipinski definition) is 3. The number of ether oxygens (including phenoxy) is 1. The molecular weight excluding hydrogens is 381 g/mol. The lowest BCUT2D eigenvalue weighted by Gasteiger charge is -2.21. The number of rotatable bonds is 8. The van der Waals surface area contributed by atoms with E-state index < -0.39 is 11.9 Å².